The van der Waals surface area contributed by atoms with E-state index in [4.69, 9.17) is 10.5 Å². The lowest BCUT2D eigenvalue weighted by Crippen LogP contribution is -2.19. The summed E-state index contributed by atoms with van der Waals surface area (Å²) in [5.74, 6) is 0.621. The minimum Gasteiger partial charge on any atom is -0.381 e. The van der Waals surface area contributed by atoms with Gasteiger partial charge in [0.2, 0.25) is 0 Å². The second-order valence-electron chi connectivity index (χ2n) is 5.24. The molecule has 1 saturated heterocycles. The van der Waals surface area contributed by atoms with Gasteiger partial charge in [-0.1, -0.05) is 0 Å². The number of aromatic nitrogens is 2. The predicted molar refractivity (Wildman–Crippen MR) is 68.0 cm³/mol. The highest BCUT2D eigenvalue weighted by Gasteiger charge is 2.19. The molecule has 1 aromatic heterocycles. The van der Waals surface area contributed by atoms with E-state index in [1.807, 2.05) is 6.92 Å². The fourth-order valence-corrected chi connectivity index (χ4v) is 2.50. The summed E-state index contributed by atoms with van der Waals surface area (Å²) in [5, 5.41) is 4.63. The molecule has 0 saturated carbocycles. The van der Waals surface area contributed by atoms with Crippen LogP contribution in [0.2, 0.25) is 0 Å². The van der Waals surface area contributed by atoms with Crippen molar-refractivity contribution in [1.82, 2.24) is 9.78 Å². The molecule has 4 heteroatoms. The standard InChI is InChI=1S/C13H23N3O/c1-9(14)6-13-10(2)15-16(11(13)3)7-12-4-5-17-8-12/h9,12H,4-8,14H2,1-3H3. The molecular weight excluding hydrogens is 214 g/mol. The summed E-state index contributed by atoms with van der Waals surface area (Å²) in [5.41, 5.74) is 9.59. The maximum atomic E-state index is 5.88. The van der Waals surface area contributed by atoms with Gasteiger partial charge in [-0.25, -0.2) is 0 Å². The highest BCUT2D eigenvalue weighted by Crippen LogP contribution is 2.19. The molecule has 2 heterocycles. The van der Waals surface area contributed by atoms with Gasteiger partial charge in [0.05, 0.1) is 12.3 Å². The maximum absolute atomic E-state index is 5.88. The molecule has 4 nitrogen and oxygen atoms in total. The monoisotopic (exact) mass is 237 g/mol. The molecule has 1 aromatic rings. The van der Waals surface area contributed by atoms with E-state index in [0.717, 1.165) is 38.3 Å². The normalized spacial score (nSPS) is 22.0. The van der Waals surface area contributed by atoms with E-state index in [1.54, 1.807) is 0 Å². The molecule has 2 unspecified atom stereocenters. The fraction of sp³-hybridized carbons (Fsp3) is 0.769. The van der Waals surface area contributed by atoms with Crippen molar-refractivity contribution < 1.29 is 4.74 Å². The first-order valence-electron chi connectivity index (χ1n) is 6.44. The van der Waals surface area contributed by atoms with E-state index in [-0.39, 0.29) is 6.04 Å². The summed E-state index contributed by atoms with van der Waals surface area (Å²) in [6.45, 7) is 9.02. The third-order valence-corrected chi connectivity index (χ3v) is 3.51. The Balaban J connectivity index is 2.12. The molecule has 17 heavy (non-hydrogen) atoms. The van der Waals surface area contributed by atoms with E-state index < -0.39 is 0 Å². The highest BCUT2D eigenvalue weighted by molar-refractivity contribution is 5.25. The molecule has 2 atom stereocenters. The van der Waals surface area contributed by atoms with Crippen molar-refractivity contribution in [2.75, 3.05) is 13.2 Å². The number of nitrogens with two attached hydrogens (primary N) is 1. The molecule has 1 fully saturated rings. The Bertz CT molecular complexity index is 378. The van der Waals surface area contributed by atoms with Gasteiger partial charge in [0, 0.05) is 30.8 Å². The maximum Gasteiger partial charge on any atom is 0.0629 e. The number of nitrogens with zero attached hydrogens (tertiary/aromatic N) is 2. The van der Waals surface area contributed by atoms with Gasteiger partial charge in [0.1, 0.15) is 0 Å². The predicted octanol–water partition coefficient (Wildman–Crippen LogP) is 1.43. The zero-order valence-electron chi connectivity index (χ0n) is 11.1. The van der Waals surface area contributed by atoms with Crippen LogP contribution in [0, 0.1) is 19.8 Å². The Hall–Kier alpha value is -0.870. The van der Waals surface area contributed by atoms with Crippen LogP contribution in [0.5, 0.6) is 0 Å². The zero-order chi connectivity index (χ0) is 12.4. The van der Waals surface area contributed by atoms with E-state index in [1.165, 1.54) is 11.3 Å². The Kier molecular flexibility index (Phi) is 3.84. The third kappa shape index (κ3) is 2.87. The van der Waals surface area contributed by atoms with Gasteiger partial charge in [-0.15, -0.1) is 0 Å². The summed E-state index contributed by atoms with van der Waals surface area (Å²) in [7, 11) is 0. The van der Waals surface area contributed by atoms with Crippen molar-refractivity contribution in [1.29, 1.82) is 0 Å². The molecule has 1 aliphatic heterocycles. The minimum absolute atomic E-state index is 0.194. The van der Waals surface area contributed by atoms with Crippen LogP contribution >= 0.6 is 0 Å². The first-order valence-corrected chi connectivity index (χ1v) is 6.44. The lowest BCUT2D eigenvalue weighted by molar-refractivity contribution is 0.181. The minimum atomic E-state index is 0.194. The SMILES string of the molecule is Cc1nn(CC2CCOC2)c(C)c1CC(C)N. The average Bonchev–Trinajstić information content (AvgIpc) is 2.83. The summed E-state index contributed by atoms with van der Waals surface area (Å²) in [6, 6.07) is 0.194. The molecule has 2 N–H and O–H groups in total. The van der Waals surface area contributed by atoms with Crippen molar-refractivity contribution >= 4 is 0 Å². The molecule has 0 aliphatic carbocycles. The highest BCUT2D eigenvalue weighted by atomic mass is 16.5. The molecule has 0 amide bonds. The quantitative estimate of drug-likeness (QED) is 0.862. The van der Waals surface area contributed by atoms with Gasteiger partial charge in [0.15, 0.2) is 0 Å². The Morgan fingerprint density at radius 3 is 2.88 bits per heavy atom. The molecule has 0 aromatic carbocycles. The number of hydrogen-bond acceptors (Lipinski definition) is 3. The topological polar surface area (TPSA) is 53.1 Å². The van der Waals surface area contributed by atoms with Crippen molar-refractivity contribution in [2.24, 2.45) is 11.7 Å². The largest absolute Gasteiger partial charge is 0.381 e. The van der Waals surface area contributed by atoms with Gasteiger partial charge in [0.25, 0.3) is 0 Å². The van der Waals surface area contributed by atoms with E-state index in [0.29, 0.717) is 5.92 Å². The summed E-state index contributed by atoms with van der Waals surface area (Å²) >= 11 is 0. The molecule has 96 valence electrons. The number of ether oxygens (including phenoxy) is 1. The summed E-state index contributed by atoms with van der Waals surface area (Å²) in [6.07, 6.45) is 2.07. The molecular formula is C13H23N3O. The number of aryl methyl sites for hydroxylation is 1. The third-order valence-electron chi connectivity index (χ3n) is 3.51. The van der Waals surface area contributed by atoms with Crippen LogP contribution in [-0.4, -0.2) is 29.0 Å². The Morgan fingerprint density at radius 2 is 2.29 bits per heavy atom. The molecule has 2 rings (SSSR count). The van der Waals surface area contributed by atoms with Crippen LogP contribution in [0.3, 0.4) is 0 Å². The van der Waals surface area contributed by atoms with E-state index >= 15 is 0 Å². The molecule has 0 spiro atoms. The average molecular weight is 237 g/mol. The summed E-state index contributed by atoms with van der Waals surface area (Å²) < 4.78 is 7.54. The molecule has 0 bridgehead atoms. The van der Waals surface area contributed by atoms with Gasteiger partial charge in [-0.3, -0.25) is 4.68 Å². The zero-order valence-corrected chi connectivity index (χ0v) is 11.1. The lowest BCUT2D eigenvalue weighted by Gasteiger charge is -2.10. The van der Waals surface area contributed by atoms with Crippen molar-refractivity contribution in [2.45, 2.75) is 46.2 Å². The number of rotatable bonds is 4. The Labute approximate surface area is 103 Å². The second-order valence-corrected chi connectivity index (χ2v) is 5.24. The second kappa shape index (κ2) is 5.19. The molecule has 1 aliphatic rings. The van der Waals surface area contributed by atoms with Crippen molar-refractivity contribution in [3.05, 3.63) is 17.0 Å². The van der Waals surface area contributed by atoms with E-state index in [9.17, 15) is 0 Å². The first kappa shape index (κ1) is 12.6. The van der Waals surface area contributed by atoms with E-state index in [2.05, 4.69) is 23.6 Å². The number of hydrogen-bond donors (Lipinski definition) is 1. The molecule has 0 radical (unpaired) electrons. The van der Waals surface area contributed by atoms with Crippen LogP contribution in [0.25, 0.3) is 0 Å². The van der Waals surface area contributed by atoms with Gasteiger partial charge in [-0.05, 0) is 39.2 Å². The van der Waals surface area contributed by atoms with Gasteiger partial charge >= 0.3 is 0 Å². The lowest BCUT2D eigenvalue weighted by atomic mass is 10.1. The first-order chi connectivity index (χ1) is 8.08. The fourth-order valence-electron chi connectivity index (χ4n) is 2.50. The van der Waals surface area contributed by atoms with Gasteiger partial charge < -0.3 is 10.5 Å². The van der Waals surface area contributed by atoms with Crippen molar-refractivity contribution in [3.8, 4) is 0 Å². The van der Waals surface area contributed by atoms with Crippen LogP contribution in [-0.2, 0) is 17.7 Å². The summed E-state index contributed by atoms with van der Waals surface area (Å²) in [4.78, 5) is 0. The van der Waals surface area contributed by atoms with Crippen LogP contribution in [0.4, 0.5) is 0 Å². The van der Waals surface area contributed by atoms with Crippen LogP contribution in [0.15, 0.2) is 0 Å². The Morgan fingerprint density at radius 1 is 1.53 bits per heavy atom. The van der Waals surface area contributed by atoms with Crippen LogP contribution in [0.1, 0.15) is 30.3 Å². The van der Waals surface area contributed by atoms with Crippen molar-refractivity contribution in [3.63, 3.8) is 0 Å². The smallest absolute Gasteiger partial charge is 0.0629 e. The van der Waals surface area contributed by atoms with Crippen LogP contribution < -0.4 is 5.73 Å². The van der Waals surface area contributed by atoms with Gasteiger partial charge in [-0.2, -0.15) is 5.10 Å².